The van der Waals surface area contributed by atoms with Gasteiger partial charge in [0.2, 0.25) is 0 Å². The first-order chi connectivity index (χ1) is 8.06. The van der Waals surface area contributed by atoms with Gasteiger partial charge in [-0.3, -0.25) is 14.3 Å². The molecule has 1 aliphatic rings. The van der Waals surface area contributed by atoms with Gasteiger partial charge in [0.25, 0.3) is 5.91 Å². The monoisotopic (exact) mass is 235 g/mol. The van der Waals surface area contributed by atoms with Crippen LogP contribution < -0.4 is 5.32 Å². The summed E-state index contributed by atoms with van der Waals surface area (Å²) in [5.41, 5.74) is 1.35. The van der Waals surface area contributed by atoms with Crippen molar-refractivity contribution in [1.29, 1.82) is 0 Å². The van der Waals surface area contributed by atoms with Crippen LogP contribution in [0.2, 0.25) is 0 Å². The summed E-state index contributed by atoms with van der Waals surface area (Å²) in [4.78, 5) is 23.1. The first kappa shape index (κ1) is 11.8. The van der Waals surface area contributed by atoms with Crippen LogP contribution >= 0.6 is 0 Å². The van der Waals surface area contributed by atoms with Crippen LogP contribution in [0.5, 0.6) is 0 Å². The molecule has 0 saturated heterocycles. The van der Waals surface area contributed by atoms with Crippen LogP contribution in [0, 0.1) is 6.92 Å². The Labute approximate surface area is 100 Å². The van der Waals surface area contributed by atoms with E-state index in [0.29, 0.717) is 24.2 Å². The van der Waals surface area contributed by atoms with E-state index in [1.807, 2.05) is 6.92 Å². The maximum atomic E-state index is 12.0. The standard InChI is InChI=1S/C12H17N3O2/c1-8-11(7-15(2)14-8)12(17)13-9-3-5-10(16)6-4-9/h7,9H,3-6H2,1-2H3,(H,13,17). The van der Waals surface area contributed by atoms with E-state index in [1.165, 1.54) is 0 Å². The molecule has 0 bridgehead atoms. The Hall–Kier alpha value is -1.65. The lowest BCUT2D eigenvalue weighted by Crippen LogP contribution is -2.37. The number of hydrogen-bond acceptors (Lipinski definition) is 3. The third-order valence-corrected chi connectivity index (χ3v) is 3.14. The zero-order valence-corrected chi connectivity index (χ0v) is 10.2. The fraction of sp³-hybridized carbons (Fsp3) is 0.583. The normalized spacial score (nSPS) is 17.2. The molecule has 1 amide bonds. The lowest BCUT2D eigenvalue weighted by atomic mass is 9.94. The lowest BCUT2D eigenvalue weighted by molar-refractivity contribution is -0.120. The SMILES string of the molecule is Cc1nn(C)cc1C(=O)NC1CCC(=O)CC1. The second-order valence-corrected chi connectivity index (χ2v) is 4.59. The van der Waals surface area contributed by atoms with Gasteiger partial charge in [-0.2, -0.15) is 5.10 Å². The van der Waals surface area contributed by atoms with E-state index in [1.54, 1.807) is 17.9 Å². The number of ketones is 1. The molecule has 1 aliphatic carbocycles. The Bertz CT molecular complexity index is 441. The zero-order valence-electron chi connectivity index (χ0n) is 10.2. The highest BCUT2D eigenvalue weighted by Gasteiger charge is 2.22. The molecule has 1 aromatic heterocycles. The third kappa shape index (κ3) is 2.72. The molecule has 1 aromatic rings. The molecule has 0 aromatic carbocycles. The van der Waals surface area contributed by atoms with Crippen molar-refractivity contribution in [2.75, 3.05) is 0 Å². The van der Waals surface area contributed by atoms with Crippen molar-refractivity contribution in [2.45, 2.75) is 38.6 Å². The number of amides is 1. The minimum absolute atomic E-state index is 0.0880. The first-order valence-corrected chi connectivity index (χ1v) is 5.89. The summed E-state index contributed by atoms with van der Waals surface area (Å²) in [5.74, 6) is 0.211. The van der Waals surface area contributed by atoms with Crippen molar-refractivity contribution >= 4 is 11.7 Å². The average Bonchev–Trinajstić information content (AvgIpc) is 2.61. The fourth-order valence-electron chi connectivity index (χ4n) is 2.17. The van der Waals surface area contributed by atoms with E-state index >= 15 is 0 Å². The van der Waals surface area contributed by atoms with Crippen LogP contribution in [0.15, 0.2) is 6.20 Å². The van der Waals surface area contributed by atoms with Crippen LogP contribution in [0.1, 0.15) is 41.7 Å². The fourth-order valence-corrected chi connectivity index (χ4v) is 2.17. The molecule has 1 N–H and O–H groups in total. The number of carbonyl (C=O) groups excluding carboxylic acids is 2. The largest absolute Gasteiger partial charge is 0.349 e. The Morgan fingerprint density at radius 2 is 2.12 bits per heavy atom. The molecular formula is C12H17N3O2. The molecule has 0 atom stereocenters. The summed E-state index contributed by atoms with van der Waals surface area (Å²) in [6.07, 6.45) is 4.39. The van der Waals surface area contributed by atoms with Gasteiger partial charge in [-0.1, -0.05) is 0 Å². The zero-order chi connectivity index (χ0) is 12.4. The van der Waals surface area contributed by atoms with Crippen molar-refractivity contribution in [3.63, 3.8) is 0 Å². The van der Waals surface area contributed by atoms with Gasteiger partial charge in [0.1, 0.15) is 5.78 Å². The molecule has 1 fully saturated rings. The Balaban J connectivity index is 1.97. The Kier molecular flexibility index (Phi) is 3.26. The lowest BCUT2D eigenvalue weighted by Gasteiger charge is -2.21. The number of aromatic nitrogens is 2. The van der Waals surface area contributed by atoms with Crippen molar-refractivity contribution in [2.24, 2.45) is 7.05 Å². The van der Waals surface area contributed by atoms with E-state index in [4.69, 9.17) is 0 Å². The van der Waals surface area contributed by atoms with E-state index in [0.717, 1.165) is 18.5 Å². The molecule has 1 saturated carbocycles. The molecule has 92 valence electrons. The van der Waals surface area contributed by atoms with Gasteiger partial charge in [-0.05, 0) is 19.8 Å². The molecular weight excluding hydrogens is 218 g/mol. The highest BCUT2D eigenvalue weighted by atomic mass is 16.2. The van der Waals surface area contributed by atoms with Crippen molar-refractivity contribution in [3.05, 3.63) is 17.5 Å². The quantitative estimate of drug-likeness (QED) is 0.830. The number of rotatable bonds is 2. The summed E-state index contributed by atoms with van der Waals surface area (Å²) >= 11 is 0. The smallest absolute Gasteiger partial charge is 0.254 e. The highest BCUT2D eigenvalue weighted by Crippen LogP contribution is 2.15. The number of carbonyl (C=O) groups is 2. The van der Waals surface area contributed by atoms with E-state index < -0.39 is 0 Å². The molecule has 5 heteroatoms. The molecule has 0 radical (unpaired) electrons. The summed E-state index contributed by atoms with van der Waals surface area (Å²) in [7, 11) is 1.79. The van der Waals surface area contributed by atoms with E-state index in [2.05, 4.69) is 10.4 Å². The number of aryl methyl sites for hydroxylation is 2. The number of Topliss-reactive ketones (excluding diaryl/α,β-unsaturated/α-hetero) is 1. The molecule has 1 heterocycles. The van der Waals surface area contributed by atoms with Crippen LogP contribution in [-0.4, -0.2) is 27.5 Å². The van der Waals surface area contributed by atoms with Gasteiger partial charge in [0, 0.05) is 32.1 Å². The molecule has 5 nitrogen and oxygen atoms in total. The van der Waals surface area contributed by atoms with Crippen molar-refractivity contribution in [3.8, 4) is 0 Å². The number of hydrogen-bond donors (Lipinski definition) is 1. The predicted molar refractivity (Wildman–Crippen MR) is 62.7 cm³/mol. The summed E-state index contributed by atoms with van der Waals surface area (Å²) in [6.45, 7) is 1.82. The highest BCUT2D eigenvalue weighted by molar-refractivity contribution is 5.95. The minimum atomic E-state index is -0.0880. The summed E-state index contributed by atoms with van der Waals surface area (Å²) < 4.78 is 1.63. The molecule has 0 unspecified atom stereocenters. The molecule has 2 rings (SSSR count). The summed E-state index contributed by atoms with van der Waals surface area (Å²) in [6, 6.07) is 0.125. The number of nitrogens with one attached hydrogen (secondary N) is 1. The van der Waals surface area contributed by atoms with Crippen LogP contribution in [-0.2, 0) is 11.8 Å². The molecule has 0 spiro atoms. The van der Waals surface area contributed by atoms with Gasteiger partial charge in [0.15, 0.2) is 0 Å². The van der Waals surface area contributed by atoms with Crippen LogP contribution in [0.4, 0.5) is 0 Å². The van der Waals surface area contributed by atoms with Crippen LogP contribution in [0.25, 0.3) is 0 Å². The minimum Gasteiger partial charge on any atom is -0.349 e. The third-order valence-electron chi connectivity index (χ3n) is 3.14. The van der Waals surface area contributed by atoms with Gasteiger partial charge >= 0.3 is 0 Å². The van der Waals surface area contributed by atoms with Gasteiger partial charge in [0.05, 0.1) is 11.3 Å². The van der Waals surface area contributed by atoms with Crippen molar-refractivity contribution in [1.82, 2.24) is 15.1 Å². The molecule has 0 aliphatic heterocycles. The maximum Gasteiger partial charge on any atom is 0.254 e. The summed E-state index contributed by atoms with van der Waals surface area (Å²) in [5, 5.41) is 7.10. The van der Waals surface area contributed by atoms with Gasteiger partial charge in [-0.25, -0.2) is 0 Å². The van der Waals surface area contributed by atoms with E-state index in [-0.39, 0.29) is 11.9 Å². The second kappa shape index (κ2) is 4.69. The molecule has 17 heavy (non-hydrogen) atoms. The first-order valence-electron chi connectivity index (χ1n) is 5.89. The second-order valence-electron chi connectivity index (χ2n) is 4.59. The van der Waals surface area contributed by atoms with E-state index in [9.17, 15) is 9.59 Å². The predicted octanol–water partition coefficient (Wildman–Crippen LogP) is 0.970. The number of nitrogens with zero attached hydrogens (tertiary/aromatic N) is 2. The van der Waals surface area contributed by atoms with Gasteiger partial charge < -0.3 is 5.32 Å². The Morgan fingerprint density at radius 3 is 2.65 bits per heavy atom. The van der Waals surface area contributed by atoms with Gasteiger partial charge in [-0.15, -0.1) is 0 Å². The van der Waals surface area contributed by atoms with Crippen LogP contribution in [0.3, 0.4) is 0 Å². The maximum absolute atomic E-state index is 12.0. The Morgan fingerprint density at radius 1 is 1.47 bits per heavy atom. The van der Waals surface area contributed by atoms with Crippen molar-refractivity contribution < 1.29 is 9.59 Å². The average molecular weight is 235 g/mol. The topological polar surface area (TPSA) is 64.0 Å².